The fourth-order valence-electron chi connectivity index (χ4n) is 2.34. The molecule has 0 unspecified atom stereocenters. The molecule has 22 heavy (non-hydrogen) atoms. The molecule has 0 saturated carbocycles. The van der Waals surface area contributed by atoms with Gasteiger partial charge in [-0.2, -0.15) is 0 Å². The number of hydrogen-bond acceptors (Lipinski definition) is 3. The largest absolute Gasteiger partial charge is 0.362 e. The van der Waals surface area contributed by atoms with Gasteiger partial charge < -0.3 is 10.6 Å². The first kappa shape index (κ1) is 16.6. The molecular formula is C17H24N4S. The lowest BCUT2D eigenvalue weighted by atomic mass is 10.1. The van der Waals surface area contributed by atoms with Gasteiger partial charge in [-0.3, -0.25) is 0 Å². The summed E-state index contributed by atoms with van der Waals surface area (Å²) in [6.07, 6.45) is 11.1. The van der Waals surface area contributed by atoms with Crippen LogP contribution in [0.4, 0.5) is 5.69 Å². The van der Waals surface area contributed by atoms with Crippen LogP contribution in [0.15, 0.2) is 30.7 Å². The van der Waals surface area contributed by atoms with Crippen molar-refractivity contribution in [2.45, 2.75) is 45.4 Å². The number of rotatable bonds is 8. The average molecular weight is 316 g/mol. The minimum atomic E-state index is 0.671. The summed E-state index contributed by atoms with van der Waals surface area (Å²) in [4.78, 5) is 8.24. The van der Waals surface area contributed by atoms with Crippen LogP contribution in [0.25, 0.3) is 10.9 Å². The summed E-state index contributed by atoms with van der Waals surface area (Å²) < 4.78 is 0. The topological polar surface area (TPSA) is 49.8 Å². The van der Waals surface area contributed by atoms with Gasteiger partial charge in [0.2, 0.25) is 0 Å². The van der Waals surface area contributed by atoms with Gasteiger partial charge in [0, 0.05) is 23.8 Å². The van der Waals surface area contributed by atoms with E-state index in [9.17, 15) is 0 Å². The van der Waals surface area contributed by atoms with Crippen LogP contribution in [0.1, 0.15) is 45.4 Å². The van der Waals surface area contributed by atoms with Gasteiger partial charge in [0.15, 0.2) is 5.11 Å². The van der Waals surface area contributed by atoms with Crippen molar-refractivity contribution in [1.29, 1.82) is 0 Å². The van der Waals surface area contributed by atoms with Gasteiger partial charge in [0.1, 0.15) is 6.33 Å². The first-order chi connectivity index (χ1) is 10.8. The Balaban J connectivity index is 1.69. The average Bonchev–Trinajstić information content (AvgIpc) is 2.54. The zero-order valence-corrected chi connectivity index (χ0v) is 14.0. The summed E-state index contributed by atoms with van der Waals surface area (Å²) >= 11 is 5.32. The van der Waals surface area contributed by atoms with Gasteiger partial charge in [0.25, 0.3) is 0 Å². The van der Waals surface area contributed by atoms with Crippen LogP contribution in [-0.4, -0.2) is 21.6 Å². The Bertz CT molecular complexity index is 600. The Morgan fingerprint density at radius 1 is 1.14 bits per heavy atom. The van der Waals surface area contributed by atoms with E-state index in [0.29, 0.717) is 5.11 Å². The van der Waals surface area contributed by atoms with Crippen molar-refractivity contribution >= 4 is 33.9 Å². The van der Waals surface area contributed by atoms with E-state index in [1.54, 1.807) is 12.5 Å². The van der Waals surface area contributed by atoms with Crippen LogP contribution in [-0.2, 0) is 0 Å². The van der Waals surface area contributed by atoms with Gasteiger partial charge in [-0.25, -0.2) is 9.97 Å². The van der Waals surface area contributed by atoms with Crippen LogP contribution in [0.3, 0.4) is 0 Å². The highest BCUT2D eigenvalue weighted by molar-refractivity contribution is 7.80. The third kappa shape index (κ3) is 5.56. The van der Waals surface area contributed by atoms with Crippen molar-refractivity contribution in [1.82, 2.24) is 15.3 Å². The van der Waals surface area contributed by atoms with E-state index in [2.05, 4.69) is 27.5 Å². The van der Waals surface area contributed by atoms with Crippen molar-refractivity contribution in [3.8, 4) is 0 Å². The molecule has 0 spiro atoms. The summed E-state index contributed by atoms with van der Waals surface area (Å²) in [5, 5.41) is 8.15. The summed E-state index contributed by atoms with van der Waals surface area (Å²) in [6.45, 7) is 3.17. The monoisotopic (exact) mass is 316 g/mol. The fraction of sp³-hybridized carbons (Fsp3) is 0.471. The molecule has 1 heterocycles. The molecule has 4 nitrogen and oxygen atoms in total. The molecule has 0 atom stereocenters. The Kier molecular flexibility index (Phi) is 7.03. The number of fused-ring (bicyclic) bond motifs is 1. The summed E-state index contributed by atoms with van der Waals surface area (Å²) in [5.74, 6) is 0. The van der Waals surface area contributed by atoms with Crippen LogP contribution in [0.5, 0.6) is 0 Å². The molecule has 0 saturated heterocycles. The summed E-state index contributed by atoms with van der Waals surface area (Å²) in [6, 6.07) is 5.96. The minimum absolute atomic E-state index is 0.671. The van der Waals surface area contributed by atoms with Crippen molar-refractivity contribution in [3.63, 3.8) is 0 Å². The van der Waals surface area contributed by atoms with Gasteiger partial charge in [-0.05, 0) is 36.8 Å². The van der Waals surface area contributed by atoms with E-state index in [1.807, 2.05) is 18.2 Å². The molecule has 5 heteroatoms. The summed E-state index contributed by atoms with van der Waals surface area (Å²) in [7, 11) is 0. The first-order valence-electron chi connectivity index (χ1n) is 8.04. The predicted octanol–water partition coefficient (Wildman–Crippen LogP) is 4.28. The standard InChI is InChI=1S/C17H24N4S/c1-2-3-4-5-6-7-10-19-17(22)21-15-8-9-16-14(11-15)12-18-13-20-16/h8-9,11-13H,2-7,10H2,1H3,(H2,19,21,22). The molecular weight excluding hydrogens is 292 g/mol. The number of anilines is 1. The van der Waals surface area contributed by atoms with Crippen LogP contribution >= 0.6 is 12.2 Å². The van der Waals surface area contributed by atoms with Crippen LogP contribution in [0, 0.1) is 0 Å². The Morgan fingerprint density at radius 3 is 2.82 bits per heavy atom. The molecule has 0 aliphatic rings. The molecule has 0 aliphatic carbocycles. The van der Waals surface area contributed by atoms with Crippen LogP contribution < -0.4 is 10.6 Å². The molecule has 0 bridgehead atoms. The van der Waals surface area contributed by atoms with E-state index in [1.165, 1.54) is 32.1 Å². The molecule has 0 amide bonds. The smallest absolute Gasteiger partial charge is 0.170 e. The van der Waals surface area contributed by atoms with Gasteiger partial charge in [-0.1, -0.05) is 39.0 Å². The lowest BCUT2D eigenvalue weighted by Crippen LogP contribution is -2.29. The minimum Gasteiger partial charge on any atom is -0.362 e. The van der Waals surface area contributed by atoms with Crippen LogP contribution in [0.2, 0.25) is 0 Å². The number of hydrogen-bond donors (Lipinski definition) is 2. The number of nitrogens with zero attached hydrogens (tertiary/aromatic N) is 2. The van der Waals surface area contributed by atoms with Gasteiger partial charge in [-0.15, -0.1) is 0 Å². The molecule has 0 fully saturated rings. The Hall–Kier alpha value is -1.75. The molecule has 118 valence electrons. The molecule has 2 rings (SSSR count). The molecule has 0 radical (unpaired) electrons. The van der Waals surface area contributed by atoms with E-state index in [-0.39, 0.29) is 0 Å². The third-order valence-electron chi connectivity index (χ3n) is 3.58. The predicted molar refractivity (Wildman–Crippen MR) is 97.1 cm³/mol. The second kappa shape index (κ2) is 9.30. The maximum Gasteiger partial charge on any atom is 0.170 e. The van der Waals surface area contributed by atoms with E-state index in [4.69, 9.17) is 12.2 Å². The quantitative estimate of drug-likeness (QED) is 0.562. The normalized spacial score (nSPS) is 10.6. The zero-order valence-electron chi connectivity index (χ0n) is 13.1. The highest BCUT2D eigenvalue weighted by Gasteiger charge is 2.00. The zero-order chi connectivity index (χ0) is 15.6. The van der Waals surface area contributed by atoms with Crippen molar-refractivity contribution in [2.75, 3.05) is 11.9 Å². The molecule has 2 N–H and O–H groups in total. The third-order valence-corrected chi connectivity index (χ3v) is 3.82. The number of thiocarbonyl (C=S) groups is 1. The number of aromatic nitrogens is 2. The molecule has 1 aromatic carbocycles. The van der Waals surface area contributed by atoms with E-state index in [0.717, 1.165) is 29.6 Å². The van der Waals surface area contributed by atoms with Crippen molar-refractivity contribution in [3.05, 3.63) is 30.7 Å². The van der Waals surface area contributed by atoms with Gasteiger partial charge >= 0.3 is 0 Å². The Morgan fingerprint density at radius 2 is 1.95 bits per heavy atom. The SMILES string of the molecule is CCCCCCCCNC(=S)Nc1ccc2ncncc2c1. The highest BCUT2D eigenvalue weighted by Crippen LogP contribution is 2.16. The number of nitrogens with one attached hydrogen (secondary N) is 2. The first-order valence-corrected chi connectivity index (χ1v) is 8.45. The maximum absolute atomic E-state index is 5.32. The maximum atomic E-state index is 5.32. The lowest BCUT2D eigenvalue weighted by Gasteiger charge is -2.11. The number of unbranched alkanes of at least 4 members (excludes halogenated alkanes) is 5. The highest BCUT2D eigenvalue weighted by atomic mass is 32.1. The second-order valence-corrected chi connectivity index (χ2v) is 5.85. The molecule has 0 aliphatic heterocycles. The van der Waals surface area contributed by atoms with Gasteiger partial charge in [0.05, 0.1) is 5.52 Å². The lowest BCUT2D eigenvalue weighted by molar-refractivity contribution is 0.603. The Labute approximate surface area is 137 Å². The number of benzene rings is 1. The fourth-order valence-corrected chi connectivity index (χ4v) is 2.56. The van der Waals surface area contributed by atoms with E-state index < -0.39 is 0 Å². The summed E-state index contributed by atoms with van der Waals surface area (Å²) in [5.41, 5.74) is 1.90. The second-order valence-electron chi connectivity index (χ2n) is 5.45. The van der Waals surface area contributed by atoms with Crippen molar-refractivity contribution in [2.24, 2.45) is 0 Å². The molecule has 1 aromatic heterocycles. The molecule has 2 aromatic rings. The van der Waals surface area contributed by atoms with E-state index >= 15 is 0 Å². The van der Waals surface area contributed by atoms with Crippen molar-refractivity contribution < 1.29 is 0 Å².